The number of hydrogen-bond donors (Lipinski definition) is 0. The average molecular weight is 541 g/mol. The molecule has 0 fully saturated rings. The highest BCUT2D eigenvalue weighted by molar-refractivity contribution is 6.50. The molecule has 0 aliphatic heterocycles. The van der Waals surface area contributed by atoms with Crippen LogP contribution in [0.15, 0.2) is 0 Å². The van der Waals surface area contributed by atoms with Gasteiger partial charge in [0.05, 0.1) is 26.2 Å². The van der Waals surface area contributed by atoms with Crippen LogP contribution in [0.2, 0.25) is 0 Å². The summed E-state index contributed by atoms with van der Waals surface area (Å²) in [6.45, 7) is 20.4. The van der Waals surface area contributed by atoms with Crippen LogP contribution in [0.25, 0.3) is 0 Å². The molecule has 0 amide bonds. The van der Waals surface area contributed by atoms with Crippen LogP contribution in [0.3, 0.4) is 0 Å². The Hall–Kier alpha value is -0.255. The monoisotopic (exact) mass is 541 g/mol. The summed E-state index contributed by atoms with van der Waals surface area (Å²) < 4.78 is 40.3. The fourth-order valence-corrected chi connectivity index (χ4v) is 4.77. The Morgan fingerprint density at radius 3 is 0.730 bits per heavy atom. The van der Waals surface area contributed by atoms with E-state index < -0.39 is 7.25 Å². The van der Waals surface area contributed by atoms with Crippen molar-refractivity contribution in [1.29, 1.82) is 0 Å². The topological polar surface area (TPSA) is 0 Å². The summed E-state index contributed by atoms with van der Waals surface area (Å²) in [6.07, 6.45) is 30.3. The van der Waals surface area contributed by atoms with Gasteiger partial charge in [0, 0.05) is 0 Å². The lowest BCUT2D eigenvalue weighted by Crippen LogP contribution is -2.47. The van der Waals surface area contributed by atoms with Crippen LogP contribution in [0.5, 0.6) is 0 Å². The van der Waals surface area contributed by atoms with Crippen molar-refractivity contribution in [2.75, 3.05) is 26.2 Å². The molecule has 0 saturated heterocycles. The van der Waals surface area contributed by atoms with E-state index in [0.29, 0.717) is 0 Å². The standard InChI is InChI=1S/C23H47.C8H20N.BF4/c1-3-5-7-9-11-13-15-17-19-21-23-22-20-18-16-14-12-10-8-6-4-2;1-5-9(6-2,7-3)8-4;2-1(3,4)5/h1,3-23H2,2H3;5-8H2,1-4H3;/q;+1;-1. The summed E-state index contributed by atoms with van der Waals surface area (Å²) in [5.74, 6) is 0. The van der Waals surface area contributed by atoms with Crippen LogP contribution in [-0.2, 0) is 0 Å². The summed E-state index contributed by atoms with van der Waals surface area (Å²) in [5, 5.41) is 0. The first-order valence-electron chi connectivity index (χ1n) is 16.2. The lowest BCUT2D eigenvalue weighted by atomic mass is 10.0. The Kier molecular flexibility index (Phi) is 35.6. The number of unbranched alkanes of at least 4 members (excludes halogenated alkanes) is 20. The van der Waals surface area contributed by atoms with Crippen molar-refractivity contribution in [3.63, 3.8) is 0 Å². The van der Waals surface area contributed by atoms with Gasteiger partial charge in [-0.15, -0.1) is 0 Å². The molecule has 1 nitrogen and oxygen atoms in total. The second kappa shape index (κ2) is 32.0. The first kappa shape index (κ1) is 41.2. The highest BCUT2D eigenvalue weighted by atomic mass is 19.5. The van der Waals surface area contributed by atoms with E-state index in [-0.39, 0.29) is 0 Å². The lowest BCUT2D eigenvalue weighted by Gasteiger charge is -2.34. The van der Waals surface area contributed by atoms with Gasteiger partial charge in [0.15, 0.2) is 0 Å². The van der Waals surface area contributed by atoms with Gasteiger partial charge < -0.3 is 21.7 Å². The van der Waals surface area contributed by atoms with Crippen LogP contribution in [-0.4, -0.2) is 37.9 Å². The van der Waals surface area contributed by atoms with Gasteiger partial charge in [-0.2, -0.15) is 0 Å². The molecule has 0 unspecified atom stereocenters. The van der Waals surface area contributed by atoms with Crippen LogP contribution in [0.1, 0.15) is 169 Å². The van der Waals surface area contributed by atoms with Crippen LogP contribution >= 0.6 is 0 Å². The van der Waals surface area contributed by atoms with Gasteiger partial charge in [0.1, 0.15) is 0 Å². The van der Waals surface area contributed by atoms with Crippen molar-refractivity contribution in [3.8, 4) is 0 Å². The Morgan fingerprint density at radius 2 is 0.595 bits per heavy atom. The van der Waals surface area contributed by atoms with E-state index in [9.17, 15) is 17.3 Å². The van der Waals surface area contributed by atoms with E-state index in [1.54, 1.807) is 0 Å². The molecule has 0 heterocycles. The quantitative estimate of drug-likeness (QED) is 0.0494. The zero-order valence-corrected chi connectivity index (χ0v) is 25.9. The first-order valence-corrected chi connectivity index (χ1v) is 16.2. The van der Waals surface area contributed by atoms with Gasteiger partial charge in [-0.1, -0.05) is 149 Å². The molecular formula is C31H67BF4N. The van der Waals surface area contributed by atoms with Crippen molar-refractivity contribution in [2.45, 2.75) is 169 Å². The molecule has 0 aliphatic carbocycles. The molecule has 6 heteroatoms. The molecule has 0 rings (SSSR count). The minimum atomic E-state index is -6.00. The molecule has 37 heavy (non-hydrogen) atoms. The molecular weight excluding hydrogens is 473 g/mol. The molecule has 0 aliphatic rings. The predicted molar refractivity (Wildman–Crippen MR) is 161 cm³/mol. The maximum Gasteiger partial charge on any atom is 0.673 e. The van der Waals surface area contributed by atoms with Gasteiger partial charge in [-0.05, 0) is 27.7 Å². The largest absolute Gasteiger partial charge is 0.673 e. The molecule has 0 saturated carbocycles. The molecule has 0 atom stereocenters. The predicted octanol–water partition coefficient (Wildman–Crippen LogP) is 12.2. The van der Waals surface area contributed by atoms with Gasteiger partial charge in [0.2, 0.25) is 0 Å². The summed E-state index contributed by atoms with van der Waals surface area (Å²) in [7, 11) is -6.00. The summed E-state index contributed by atoms with van der Waals surface area (Å²) in [4.78, 5) is 0. The Labute approximate surface area is 231 Å². The first-order chi connectivity index (χ1) is 17.7. The van der Waals surface area contributed by atoms with Gasteiger partial charge in [0.25, 0.3) is 0 Å². The van der Waals surface area contributed by atoms with E-state index in [0.717, 1.165) is 6.42 Å². The summed E-state index contributed by atoms with van der Waals surface area (Å²) in [6, 6.07) is 0. The highest BCUT2D eigenvalue weighted by Gasteiger charge is 2.20. The van der Waals surface area contributed by atoms with Crippen LogP contribution in [0, 0.1) is 6.92 Å². The lowest BCUT2D eigenvalue weighted by molar-refractivity contribution is -0.921. The van der Waals surface area contributed by atoms with Gasteiger partial charge in [-0.3, -0.25) is 0 Å². The Morgan fingerprint density at radius 1 is 0.405 bits per heavy atom. The van der Waals surface area contributed by atoms with E-state index >= 15 is 0 Å². The molecule has 0 bridgehead atoms. The van der Waals surface area contributed by atoms with Crippen LogP contribution in [0.4, 0.5) is 17.3 Å². The van der Waals surface area contributed by atoms with Crippen molar-refractivity contribution < 1.29 is 21.7 Å². The molecule has 0 aromatic rings. The van der Waals surface area contributed by atoms with Crippen molar-refractivity contribution in [2.24, 2.45) is 0 Å². The second-order valence-electron chi connectivity index (χ2n) is 10.7. The zero-order chi connectivity index (χ0) is 28.7. The molecule has 0 spiro atoms. The number of hydrogen-bond acceptors (Lipinski definition) is 0. The number of nitrogens with zero attached hydrogens (tertiary/aromatic N) is 1. The summed E-state index contributed by atoms with van der Waals surface area (Å²) in [5.41, 5.74) is 0. The minimum absolute atomic E-state index is 1.12. The second-order valence-corrected chi connectivity index (χ2v) is 10.7. The molecule has 0 aromatic heterocycles. The highest BCUT2D eigenvalue weighted by Crippen LogP contribution is 2.15. The van der Waals surface area contributed by atoms with Gasteiger partial charge in [-0.25, -0.2) is 0 Å². The summed E-state index contributed by atoms with van der Waals surface area (Å²) >= 11 is 0. The van der Waals surface area contributed by atoms with E-state index in [4.69, 9.17) is 0 Å². The Balaban J connectivity index is -0.000000674. The number of halogens is 4. The third-order valence-corrected chi connectivity index (χ3v) is 7.79. The fourth-order valence-electron chi connectivity index (χ4n) is 4.77. The molecule has 227 valence electrons. The van der Waals surface area contributed by atoms with Crippen molar-refractivity contribution >= 4 is 7.25 Å². The zero-order valence-electron chi connectivity index (χ0n) is 25.9. The van der Waals surface area contributed by atoms with E-state index in [1.165, 1.54) is 159 Å². The van der Waals surface area contributed by atoms with Crippen molar-refractivity contribution in [3.05, 3.63) is 6.92 Å². The SMILES string of the molecule is CC[N+](CC)(CC)CC.F[B-](F)(F)F.[CH2]CCCCCCCCCCCCCCCCCCCCCC. The normalized spacial score (nSPS) is 11.5. The maximum absolute atomic E-state index is 9.75. The minimum Gasteiger partial charge on any atom is -0.418 e. The number of rotatable bonds is 24. The third-order valence-electron chi connectivity index (χ3n) is 7.79. The van der Waals surface area contributed by atoms with E-state index in [1.807, 2.05) is 0 Å². The van der Waals surface area contributed by atoms with Gasteiger partial charge >= 0.3 is 7.25 Å². The van der Waals surface area contributed by atoms with Crippen molar-refractivity contribution in [1.82, 2.24) is 0 Å². The maximum atomic E-state index is 9.75. The Bertz CT molecular complexity index is 358. The van der Waals surface area contributed by atoms with Crippen LogP contribution < -0.4 is 0 Å². The smallest absolute Gasteiger partial charge is 0.418 e. The molecule has 0 aromatic carbocycles. The third kappa shape index (κ3) is 40.4. The fraction of sp³-hybridized carbons (Fsp3) is 0.968. The number of quaternary nitrogens is 1. The average Bonchev–Trinajstić information content (AvgIpc) is 2.87. The van der Waals surface area contributed by atoms with E-state index in [2.05, 4.69) is 41.5 Å². The molecule has 1 radical (unpaired) electrons. The molecule has 0 N–H and O–H groups in total.